The SMILES string of the molecule is N#Cc1c(NC(=O)C=Cc2ccoc2)sc2c1CCC(OC(=O)NCC1CC1)C2. The van der Waals surface area contributed by atoms with E-state index in [0.717, 1.165) is 16.0 Å². The van der Waals surface area contributed by atoms with Crippen molar-refractivity contribution >= 4 is 34.4 Å². The standard InChI is InChI=1S/C21H21N3O4S/c22-10-17-16-5-4-15(28-21(26)23-11-13-1-2-13)9-18(16)29-20(17)24-19(25)6-3-14-7-8-27-12-14/h3,6-8,12-13,15H,1-2,4-5,9,11H2,(H,23,26)(H,24,25). The molecule has 2 aliphatic rings. The number of amides is 2. The number of ether oxygens (including phenoxy) is 1. The van der Waals surface area contributed by atoms with Crippen molar-refractivity contribution in [2.24, 2.45) is 5.92 Å². The Morgan fingerprint density at radius 1 is 1.38 bits per heavy atom. The van der Waals surface area contributed by atoms with E-state index in [2.05, 4.69) is 16.7 Å². The predicted octanol–water partition coefficient (Wildman–Crippen LogP) is 3.86. The van der Waals surface area contributed by atoms with Crippen LogP contribution in [0.4, 0.5) is 9.80 Å². The minimum absolute atomic E-state index is 0.212. The second kappa shape index (κ2) is 8.53. The highest BCUT2D eigenvalue weighted by molar-refractivity contribution is 7.16. The third-order valence-corrected chi connectivity index (χ3v) is 6.21. The molecule has 1 saturated carbocycles. The van der Waals surface area contributed by atoms with Gasteiger partial charge in [-0.25, -0.2) is 4.79 Å². The summed E-state index contributed by atoms with van der Waals surface area (Å²) in [5, 5.41) is 15.7. The lowest BCUT2D eigenvalue weighted by molar-refractivity contribution is -0.111. The normalized spacial score (nSPS) is 18.1. The fourth-order valence-corrected chi connectivity index (χ4v) is 4.57. The fraction of sp³-hybridized carbons (Fsp3) is 0.381. The first-order chi connectivity index (χ1) is 14.1. The van der Waals surface area contributed by atoms with Gasteiger partial charge in [-0.05, 0) is 49.3 Å². The summed E-state index contributed by atoms with van der Waals surface area (Å²) in [5.41, 5.74) is 2.24. The maximum Gasteiger partial charge on any atom is 0.407 e. The molecule has 1 atom stereocenters. The second-order valence-corrected chi connectivity index (χ2v) is 8.40. The Labute approximate surface area is 172 Å². The lowest BCUT2D eigenvalue weighted by atomic mass is 9.94. The zero-order chi connectivity index (χ0) is 20.2. The molecule has 2 amide bonds. The van der Waals surface area contributed by atoms with Gasteiger partial charge in [0.15, 0.2) is 0 Å². The lowest BCUT2D eigenvalue weighted by Gasteiger charge is -2.22. The number of carbonyl (C=O) groups excluding carboxylic acids is 2. The summed E-state index contributed by atoms with van der Waals surface area (Å²) in [6, 6.07) is 3.96. The quantitative estimate of drug-likeness (QED) is 0.703. The summed E-state index contributed by atoms with van der Waals surface area (Å²) in [6.45, 7) is 0.677. The molecule has 2 aromatic heterocycles. The maximum atomic E-state index is 12.2. The summed E-state index contributed by atoms with van der Waals surface area (Å²) in [7, 11) is 0. The number of nitrogens with zero attached hydrogens (tertiary/aromatic N) is 1. The molecule has 0 aliphatic heterocycles. The van der Waals surface area contributed by atoms with Crippen LogP contribution in [0.25, 0.3) is 6.08 Å². The van der Waals surface area contributed by atoms with Gasteiger partial charge in [-0.15, -0.1) is 11.3 Å². The molecule has 2 N–H and O–H groups in total. The third-order valence-electron chi connectivity index (χ3n) is 5.04. The van der Waals surface area contributed by atoms with Crippen LogP contribution in [0, 0.1) is 17.2 Å². The highest BCUT2D eigenvalue weighted by atomic mass is 32.1. The molecule has 0 bridgehead atoms. The molecule has 0 aromatic carbocycles. The van der Waals surface area contributed by atoms with Crippen molar-refractivity contribution in [1.82, 2.24) is 5.32 Å². The lowest BCUT2D eigenvalue weighted by Crippen LogP contribution is -2.32. The number of furan rings is 1. The molecule has 0 spiro atoms. The second-order valence-electron chi connectivity index (χ2n) is 7.29. The van der Waals surface area contributed by atoms with E-state index in [9.17, 15) is 14.9 Å². The highest BCUT2D eigenvalue weighted by Gasteiger charge is 2.29. The zero-order valence-electron chi connectivity index (χ0n) is 15.8. The number of hydrogen-bond acceptors (Lipinski definition) is 6. The topological polar surface area (TPSA) is 104 Å². The van der Waals surface area contributed by atoms with Crippen LogP contribution in [-0.2, 0) is 22.4 Å². The van der Waals surface area contributed by atoms with Gasteiger partial charge in [0, 0.05) is 29.5 Å². The molecule has 8 heteroatoms. The first-order valence-corrected chi connectivity index (χ1v) is 10.4. The van der Waals surface area contributed by atoms with Gasteiger partial charge in [0.1, 0.15) is 17.2 Å². The summed E-state index contributed by atoms with van der Waals surface area (Å²) < 4.78 is 10.5. The molecule has 150 valence electrons. The first kappa shape index (κ1) is 19.3. The van der Waals surface area contributed by atoms with Crippen LogP contribution < -0.4 is 10.6 Å². The Balaban J connectivity index is 1.38. The molecule has 0 radical (unpaired) electrons. The van der Waals surface area contributed by atoms with Crippen LogP contribution >= 0.6 is 11.3 Å². The summed E-state index contributed by atoms with van der Waals surface area (Å²) in [6.07, 6.45) is 9.75. The Kier molecular flexibility index (Phi) is 5.67. The van der Waals surface area contributed by atoms with Crippen molar-refractivity contribution in [2.45, 2.75) is 38.2 Å². The van der Waals surface area contributed by atoms with Gasteiger partial charge < -0.3 is 19.8 Å². The van der Waals surface area contributed by atoms with E-state index in [0.29, 0.717) is 42.3 Å². The van der Waals surface area contributed by atoms with Crippen LogP contribution in [-0.4, -0.2) is 24.6 Å². The van der Waals surface area contributed by atoms with Crippen molar-refractivity contribution in [3.8, 4) is 6.07 Å². The van der Waals surface area contributed by atoms with Gasteiger partial charge in [0.25, 0.3) is 0 Å². The maximum absolute atomic E-state index is 12.2. The average molecular weight is 411 g/mol. The minimum Gasteiger partial charge on any atom is -0.472 e. The molecule has 2 aliphatic carbocycles. The van der Waals surface area contributed by atoms with Crippen LogP contribution in [0.3, 0.4) is 0 Å². The predicted molar refractivity (Wildman–Crippen MR) is 108 cm³/mol. The molecule has 2 aromatic rings. The van der Waals surface area contributed by atoms with E-state index < -0.39 is 0 Å². The number of anilines is 1. The van der Waals surface area contributed by atoms with E-state index in [-0.39, 0.29) is 18.1 Å². The largest absolute Gasteiger partial charge is 0.472 e. The summed E-state index contributed by atoms with van der Waals surface area (Å²) >= 11 is 1.38. The Bertz CT molecular complexity index is 967. The van der Waals surface area contributed by atoms with E-state index in [4.69, 9.17) is 9.15 Å². The molecule has 29 heavy (non-hydrogen) atoms. The average Bonchev–Trinajstić information content (AvgIpc) is 3.26. The Morgan fingerprint density at radius 3 is 2.97 bits per heavy atom. The fourth-order valence-electron chi connectivity index (χ4n) is 3.30. The summed E-state index contributed by atoms with van der Waals surface area (Å²) in [4.78, 5) is 25.2. The van der Waals surface area contributed by atoms with Gasteiger partial charge in [0.05, 0.1) is 18.1 Å². The third kappa shape index (κ3) is 4.87. The molecule has 2 heterocycles. The molecule has 7 nitrogen and oxygen atoms in total. The van der Waals surface area contributed by atoms with Crippen molar-refractivity contribution in [1.29, 1.82) is 5.26 Å². The number of carbonyl (C=O) groups is 2. The van der Waals surface area contributed by atoms with E-state index >= 15 is 0 Å². The van der Waals surface area contributed by atoms with E-state index in [1.807, 2.05) is 0 Å². The molecule has 1 fully saturated rings. The van der Waals surface area contributed by atoms with Crippen LogP contribution in [0.1, 0.15) is 40.8 Å². The first-order valence-electron chi connectivity index (χ1n) is 9.62. The van der Waals surface area contributed by atoms with E-state index in [1.165, 1.54) is 42.8 Å². The zero-order valence-corrected chi connectivity index (χ0v) is 16.6. The van der Waals surface area contributed by atoms with Crippen LogP contribution in [0.2, 0.25) is 0 Å². The number of fused-ring (bicyclic) bond motifs is 1. The number of nitrogens with one attached hydrogen (secondary N) is 2. The Morgan fingerprint density at radius 2 is 2.24 bits per heavy atom. The molecule has 1 unspecified atom stereocenters. The van der Waals surface area contributed by atoms with Gasteiger partial charge in [0.2, 0.25) is 5.91 Å². The van der Waals surface area contributed by atoms with Crippen molar-refractivity contribution in [3.05, 3.63) is 46.2 Å². The number of hydrogen-bond donors (Lipinski definition) is 2. The van der Waals surface area contributed by atoms with Crippen molar-refractivity contribution < 1.29 is 18.7 Å². The van der Waals surface area contributed by atoms with Crippen molar-refractivity contribution in [3.63, 3.8) is 0 Å². The number of nitriles is 1. The molecule has 4 rings (SSSR count). The van der Waals surface area contributed by atoms with Crippen molar-refractivity contribution in [2.75, 3.05) is 11.9 Å². The Hall–Kier alpha value is -3.05. The molecular weight excluding hydrogens is 390 g/mol. The van der Waals surface area contributed by atoms with Crippen LogP contribution in [0.15, 0.2) is 29.1 Å². The van der Waals surface area contributed by atoms with Crippen LogP contribution in [0.5, 0.6) is 0 Å². The van der Waals surface area contributed by atoms with Gasteiger partial charge >= 0.3 is 6.09 Å². The van der Waals surface area contributed by atoms with Gasteiger partial charge in [-0.3, -0.25) is 4.79 Å². The number of alkyl carbamates (subject to hydrolysis) is 1. The molecular formula is C21H21N3O4S. The molecule has 0 saturated heterocycles. The smallest absolute Gasteiger partial charge is 0.407 e. The summed E-state index contributed by atoms with van der Waals surface area (Å²) in [5.74, 6) is 0.290. The van der Waals surface area contributed by atoms with Gasteiger partial charge in [-0.1, -0.05) is 0 Å². The highest BCUT2D eigenvalue weighted by Crippen LogP contribution is 2.38. The monoisotopic (exact) mass is 411 g/mol. The van der Waals surface area contributed by atoms with E-state index in [1.54, 1.807) is 12.1 Å². The van der Waals surface area contributed by atoms with Gasteiger partial charge in [-0.2, -0.15) is 5.26 Å². The minimum atomic E-state index is -0.375. The number of thiophene rings is 1. The number of rotatable bonds is 6.